The first-order valence-electron chi connectivity index (χ1n) is 3.78. The molecule has 0 spiro atoms. The lowest BCUT2D eigenvalue weighted by atomic mass is 10.4. The third kappa shape index (κ3) is 2.82. The van der Waals surface area contributed by atoms with E-state index in [1.54, 1.807) is 0 Å². The number of cyclic esters (lactones) is 2. The van der Waals surface area contributed by atoms with Gasteiger partial charge in [-0.15, -0.1) is 0 Å². The van der Waals surface area contributed by atoms with Crippen molar-refractivity contribution in [1.29, 1.82) is 0 Å². The van der Waals surface area contributed by atoms with Gasteiger partial charge in [0.05, 0.1) is 0 Å². The summed E-state index contributed by atoms with van der Waals surface area (Å²) in [5, 5.41) is 0. The molecule has 1 saturated heterocycles. The van der Waals surface area contributed by atoms with Crippen LogP contribution in [0.4, 0.5) is 13.6 Å². The molecule has 1 unspecified atom stereocenters. The lowest BCUT2D eigenvalue weighted by molar-refractivity contribution is -0.171. The lowest BCUT2D eigenvalue weighted by Gasteiger charge is -2.11. The zero-order valence-corrected chi connectivity index (χ0v) is 7.29. The number of hydrogen-bond donors (Lipinski definition) is 0. The van der Waals surface area contributed by atoms with E-state index in [4.69, 9.17) is 0 Å². The maximum atomic E-state index is 12.3. The van der Waals surface area contributed by atoms with Gasteiger partial charge in [0.1, 0.15) is 13.2 Å². The monoisotopic (exact) mass is 210 g/mol. The molecule has 1 atom stereocenters. The van der Waals surface area contributed by atoms with E-state index in [0.29, 0.717) is 6.92 Å². The van der Waals surface area contributed by atoms with Gasteiger partial charge in [0.25, 0.3) is 0 Å². The van der Waals surface area contributed by atoms with Gasteiger partial charge in [-0.1, -0.05) is 0 Å². The van der Waals surface area contributed by atoms with E-state index in [2.05, 4.69) is 14.2 Å². The second-order valence-corrected chi connectivity index (χ2v) is 2.79. The van der Waals surface area contributed by atoms with Crippen LogP contribution in [-0.4, -0.2) is 37.4 Å². The van der Waals surface area contributed by atoms with Crippen LogP contribution in [0.2, 0.25) is 0 Å². The molecule has 0 aliphatic carbocycles. The minimum atomic E-state index is -3.54. The Morgan fingerprint density at radius 2 is 2.36 bits per heavy atom. The fourth-order valence-corrected chi connectivity index (χ4v) is 0.743. The average molecular weight is 210 g/mol. The Hall–Kier alpha value is -1.40. The van der Waals surface area contributed by atoms with Gasteiger partial charge in [0.2, 0.25) is 0 Å². The van der Waals surface area contributed by atoms with Crippen LogP contribution in [0.15, 0.2) is 0 Å². The van der Waals surface area contributed by atoms with Crippen molar-refractivity contribution in [2.75, 3.05) is 13.2 Å². The summed E-state index contributed by atoms with van der Waals surface area (Å²) >= 11 is 0. The van der Waals surface area contributed by atoms with E-state index < -0.39 is 30.8 Å². The molecule has 0 N–H and O–H groups in total. The molecule has 0 radical (unpaired) electrons. The minimum Gasteiger partial charge on any atom is -0.457 e. The van der Waals surface area contributed by atoms with Gasteiger partial charge < -0.3 is 14.2 Å². The molecular weight excluding hydrogens is 202 g/mol. The molecule has 80 valence electrons. The molecule has 0 saturated carbocycles. The number of carbonyl (C=O) groups is 2. The zero-order chi connectivity index (χ0) is 10.8. The van der Waals surface area contributed by atoms with E-state index in [1.165, 1.54) is 0 Å². The second-order valence-electron chi connectivity index (χ2n) is 2.79. The first-order valence-corrected chi connectivity index (χ1v) is 3.78. The summed E-state index contributed by atoms with van der Waals surface area (Å²) in [4.78, 5) is 20.9. The van der Waals surface area contributed by atoms with Crippen molar-refractivity contribution in [3.05, 3.63) is 0 Å². The first kappa shape index (κ1) is 10.7. The highest BCUT2D eigenvalue weighted by atomic mass is 19.3. The average Bonchev–Trinajstić information content (AvgIpc) is 2.45. The van der Waals surface area contributed by atoms with Gasteiger partial charge in [0.15, 0.2) is 6.10 Å². The standard InChI is InChI=1S/C7H8F2O5/c1-7(8,9)5(10)12-2-4-3-13-6(11)14-4/h4H,2-3H2,1H3. The number of ether oxygens (including phenoxy) is 3. The van der Waals surface area contributed by atoms with Crippen molar-refractivity contribution in [2.45, 2.75) is 19.0 Å². The summed E-state index contributed by atoms with van der Waals surface area (Å²) in [6.45, 7) is -0.0953. The molecule has 0 aromatic rings. The maximum absolute atomic E-state index is 12.3. The number of rotatable bonds is 3. The quantitative estimate of drug-likeness (QED) is 0.642. The smallest absolute Gasteiger partial charge is 0.457 e. The second kappa shape index (κ2) is 3.77. The summed E-state index contributed by atoms with van der Waals surface area (Å²) < 4.78 is 37.5. The minimum absolute atomic E-state index is 0.0958. The molecule has 1 aliphatic heterocycles. The molecule has 5 nitrogen and oxygen atoms in total. The van der Waals surface area contributed by atoms with Crippen molar-refractivity contribution >= 4 is 12.1 Å². The zero-order valence-electron chi connectivity index (χ0n) is 7.29. The molecule has 14 heavy (non-hydrogen) atoms. The van der Waals surface area contributed by atoms with Gasteiger partial charge in [-0.25, -0.2) is 9.59 Å². The first-order chi connectivity index (χ1) is 6.39. The van der Waals surface area contributed by atoms with Crippen LogP contribution in [0.1, 0.15) is 6.92 Å². The van der Waals surface area contributed by atoms with Crippen molar-refractivity contribution in [1.82, 2.24) is 0 Å². The van der Waals surface area contributed by atoms with Gasteiger partial charge in [0, 0.05) is 6.92 Å². The molecule has 1 aliphatic rings. The van der Waals surface area contributed by atoms with Crippen molar-refractivity contribution in [3.8, 4) is 0 Å². The van der Waals surface area contributed by atoms with Crippen LogP contribution < -0.4 is 0 Å². The fourth-order valence-electron chi connectivity index (χ4n) is 0.743. The number of hydrogen-bond acceptors (Lipinski definition) is 5. The van der Waals surface area contributed by atoms with E-state index >= 15 is 0 Å². The Balaban J connectivity index is 2.28. The Kier molecular flexibility index (Phi) is 2.87. The van der Waals surface area contributed by atoms with E-state index in [0.717, 1.165) is 0 Å². The van der Waals surface area contributed by atoms with Gasteiger partial charge in [-0.05, 0) is 0 Å². The Morgan fingerprint density at radius 3 is 2.79 bits per heavy atom. The topological polar surface area (TPSA) is 61.8 Å². The number of halogens is 2. The third-order valence-electron chi connectivity index (χ3n) is 1.41. The largest absolute Gasteiger partial charge is 0.508 e. The van der Waals surface area contributed by atoms with Crippen LogP contribution >= 0.6 is 0 Å². The summed E-state index contributed by atoms with van der Waals surface area (Å²) in [7, 11) is 0. The number of esters is 1. The van der Waals surface area contributed by atoms with E-state index in [9.17, 15) is 18.4 Å². The Morgan fingerprint density at radius 1 is 1.71 bits per heavy atom. The predicted octanol–water partition coefficient (Wildman–Crippen LogP) is 0.720. The van der Waals surface area contributed by atoms with Gasteiger partial charge in [-0.3, -0.25) is 0 Å². The predicted molar refractivity (Wildman–Crippen MR) is 37.8 cm³/mol. The molecule has 0 aromatic heterocycles. The Labute approximate surface area is 77.9 Å². The maximum Gasteiger partial charge on any atom is 0.508 e. The van der Waals surface area contributed by atoms with Crippen molar-refractivity contribution in [2.24, 2.45) is 0 Å². The van der Waals surface area contributed by atoms with Crippen molar-refractivity contribution < 1.29 is 32.6 Å². The molecule has 0 aromatic carbocycles. The van der Waals surface area contributed by atoms with Crippen LogP contribution in [0.3, 0.4) is 0 Å². The third-order valence-corrected chi connectivity index (χ3v) is 1.41. The molecule has 0 bridgehead atoms. The fraction of sp³-hybridized carbons (Fsp3) is 0.714. The molecule has 7 heteroatoms. The van der Waals surface area contributed by atoms with Gasteiger partial charge in [-0.2, -0.15) is 8.78 Å². The number of carbonyl (C=O) groups excluding carboxylic acids is 2. The molecular formula is C7H8F2O5. The summed E-state index contributed by atoms with van der Waals surface area (Å²) in [6.07, 6.45) is -1.69. The Bertz CT molecular complexity index is 247. The van der Waals surface area contributed by atoms with Crippen LogP contribution in [0.5, 0.6) is 0 Å². The number of alkyl halides is 2. The molecule has 0 amide bonds. The summed E-state index contributed by atoms with van der Waals surface area (Å²) in [5.41, 5.74) is 0. The van der Waals surface area contributed by atoms with E-state index in [-0.39, 0.29) is 6.61 Å². The SMILES string of the molecule is CC(F)(F)C(=O)OCC1COC(=O)O1. The highest BCUT2D eigenvalue weighted by molar-refractivity contribution is 5.76. The summed E-state index contributed by atoms with van der Waals surface area (Å²) in [5.74, 6) is -5.19. The molecule has 1 rings (SSSR count). The lowest BCUT2D eigenvalue weighted by Crippen LogP contribution is -2.30. The van der Waals surface area contributed by atoms with Crippen LogP contribution in [0, 0.1) is 0 Å². The van der Waals surface area contributed by atoms with E-state index in [1.807, 2.05) is 0 Å². The van der Waals surface area contributed by atoms with Crippen LogP contribution in [-0.2, 0) is 19.0 Å². The molecule has 1 heterocycles. The van der Waals surface area contributed by atoms with Crippen molar-refractivity contribution in [3.63, 3.8) is 0 Å². The van der Waals surface area contributed by atoms with Gasteiger partial charge >= 0.3 is 18.0 Å². The highest BCUT2D eigenvalue weighted by Crippen LogP contribution is 2.14. The summed E-state index contributed by atoms with van der Waals surface area (Å²) in [6, 6.07) is 0. The molecule has 1 fully saturated rings. The normalized spacial score (nSPS) is 21.4. The highest BCUT2D eigenvalue weighted by Gasteiger charge is 2.36. The van der Waals surface area contributed by atoms with Crippen LogP contribution in [0.25, 0.3) is 0 Å².